The maximum absolute atomic E-state index is 12.2. The molecular formula is C18H14ClN2NaO3. The smallest absolute Gasteiger partial charge is 0.548 e. The molecule has 3 rings (SSSR count). The molecule has 1 unspecified atom stereocenters. The summed E-state index contributed by atoms with van der Waals surface area (Å²) < 4.78 is 0. The third-order valence-corrected chi connectivity index (χ3v) is 4.05. The van der Waals surface area contributed by atoms with Gasteiger partial charge in [-0.25, -0.2) is 0 Å². The van der Waals surface area contributed by atoms with Crippen LogP contribution < -0.4 is 40.0 Å². The number of hydrogen-bond donors (Lipinski definition) is 2. The number of carboxylic acid groups (broad SMARTS) is 1. The van der Waals surface area contributed by atoms with Crippen molar-refractivity contribution in [3.8, 4) is 0 Å². The van der Waals surface area contributed by atoms with Crippen molar-refractivity contribution in [1.29, 1.82) is 0 Å². The summed E-state index contributed by atoms with van der Waals surface area (Å²) in [4.78, 5) is 26.7. The second kappa shape index (κ2) is 8.54. The standard InChI is InChI=1S/C18H15ClN2O3.Na/c19-13-7-5-11(6-8-13)17(22)21-16(18(23)24)9-12-10-20-15-4-2-1-3-14(12)15;/h1-8,10,16,20H,9H2,(H,21,22)(H,23,24);/q;+1/p-1. The van der Waals surface area contributed by atoms with Gasteiger partial charge in [-0.3, -0.25) is 4.79 Å². The predicted molar refractivity (Wildman–Crippen MR) is 89.7 cm³/mol. The molecule has 2 aromatic carbocycles. The molecule has 3 aromatic rings. The third kappa shape index (κ3) is 4.64. The van der Waals surface area contributed by atoms with Crippen LogP contribution in [0.25, 0.3) is 10.9 Å². The molecule has 1 atom stereocenters. The summed E-state index contributed by atoms with van der Waals surface area (Å²) >= 11 is 5.78. The Hall–Kier alpha value is -1.79. The Bertz CT molecular complexity index is 893. The van der Waals surface area contributed by atoms with Gasteiger partial charge in [0.15, 0.2) is 0 Å². The average molecular weight is 365 g/mol. The van der Waals surface area contributed by atoms with Gasteiger partial charge in [-0.1, -0.05) is 29.8 Å². The van der Waals surface area contributed by atoms with Crippen LogP contribution in [0.15, 0.2) is 54.7 Å². The average Bonchev–Trinajstić information content (AvgIpc) is 2.98. The minimum absolute atomic E-state index is 0. The molecule has 1 heterocycles. The molecule has 0 bridgehead atoms. The van der Waals surface area contributed by atoms with Gasteiger partial charge < -0.3 is 20.2 Å². The van der Waals surface area contributed by atoms with E-state index in [9.17, 15) is 14.7 Å². The number of carbonyl (C=O) groups is 2. The van der Waals surface area contributed by atoms with Gasteiger partial charge >= 0.3 is 29.6 Å². The second-order valence-corrected chi connectivity index (χ2v) is 5.85. The van der Waals surface area contributed by atoms with Gasteiger partial charge in [0.1, 0.15) is 0 Å². The Morgan fingerprint density at radius 3 is 2.48 bits per heavy atom. The molecule has 0 radical (unpaired) electrons. The number of hydrogen-bond acceptors (Lipinski definition) is 3. The van der Waals surface area contributed by atoms with Gasteiger partial charge in [-0.2, -0.15) is 0 Å². The van der Waals surface area contributed by atoms with Crippen LogP contribution in [-0.2, 0) is 11.2 Å². The number of fused-ring (bicyclic) bond motifs is 1. The van der Waals surface area contributed by atoms with Crippen molar-refractivity contribution in [2.45, 2.75) is 12.5 Å². The molecular weight excluding hydrogens is 351 g/mol. The third-order valence-electron chi connectivity index (χ3n) is 3.80. The van der Waals surface area contributed by atoms with Crippen LogP contribution in [0.1, 0.15) is 15.9 Å². The number of nitrogens with one attached hydrogen (secondary N) is 2. The minimum Gasteiger partial charge on any atom is -0.548 e. The summed E-state index contributed by atoms with van der Waals surface area (Å²) in [6, 6.07) is 12.7. The van der Waals surface area contributed by atoms with E-state index < -0.39 is 17.9 Å². The largest absolute Gasteiger partial charge is 1.00 e. The number of carboxylic acids is 1. The molecule has 0 aliphatic rings. The van der Waals surface area contributed by atoms with E-state index in [1.807, 2.05) is 24.3 Å². The number of aromatic nitrogens is 1. The van der Waals surface area contributed by atoms with E-state index in [1.54, 1.807) is 18.3 Å². The first-order valence-corrected chi connectivity index (χ1v) is 7.74. The van der Waals surface area contributed by atoms with Crippen LogP contribution in [0.5, 0.6) is 0 Å². The van der Waals surface area contributed by atoms with Gasteiger partial charge in [0, 0.05) is 34.1 Å². The van der Waals surface area contributed by atoms with Crippen LogP contribution in [0, 0.1) is 0 Å². The van der Waals surface area contributed by atoms with Crippen molar-refractivity contribution < 1.29 is 44.3 Å². The molecule has 0 aliphatic carbocycles. The number of carbonyl (C=O) groups excluding carboxylic acids is 2. The van der Waals surface area contributed by atoms with Gasteiger partial charge in [0.05, 0.1) is 12.0 Å². The van der Waals surface area contributed by atoms with Crippen LogP contribution >= 0.6 is 11.6 Å². The minimum atomic E-state index is -1.33. The summed E-state index contributed by atoms with van der Waals surface area (Å²) in [6.45, 7) is 0. The van der Waals surface area contributed by atoms with Crippen molar-refractivity contribution in [2.75, 3.05) is 0 Å². The molecule has 1 amide bonds. The molecule has 0 spiro atoms. The van der Waals surface area contributed by atoms with Crippen molar-refractivity contribution in [3.63, 3.8) is 0 Å². The number of amides is 1. The van der Waals surface area contributed by atoms with E-state index >= 15 is 0 Å². The molecule has 122 valence electrons. The monoisotopic (exact) mass is 364 g/mol. The number of H-pyrrole nitrogens is 1. The topological polar surface area (TPSA) is 85.0 Å². The number of aliphatic carboxylic acids is 1. The SMILES string of the molecule is O=C(NC(Cc1c[nH]c2ccccc12)C(=O)[O-])c1ccc(Cl)cc1.[Na+]. The fourth-order valence-corrected chi connectivity index (χ4v) is 2.68. The molecule has 0 fully saturated rings. The fraction of sp³-hybridized carbons (Fsp3) is 0.111. The Morgan fingerprint density at radius 2 is 1.80 bits per heavy atom. The van der Waals surface area contributed by atoms with E-state index in [-0.39, 0.29) is 36.0 Å². The van der Waals surface area contributed by atoms with Gasteiger partial charge in [0.25, 0.3) is 5.91 Å². The van der Waals surface area contributed by atoms with Crippen molar-refractivity contribution in [1.82, 2.24) is 10.3 Å². The second-order valence-electron chi connectivity index (χ2n) is 5.42. The molecule has 1 aromatic heterocycles. The molecule has 25 heavy (non-hydrogen) atoms. The molecule has 0 saturated carbocycles. The Kier molecular flexibility index (Phi) is 6.67. The van der Waals surface area contributed by atoms with E-state index in [4.69, 9.17) is 11.6 Å². The van der Waals surface area contributed by atoms with Gasteiger partial charge in [-0.15, -0.1) is 0 Å². The maximum atomic E-state index is 12.2. The summed E-state index contributed by atoms with van der Waals surface area (Å²) in [6.07, 6.45) is 1.88. The zero-order chi connectivity index (χ0) is 17.1. The number of rotatable bonds is 5. The first-order chi connectivity index (χ1) is 11.5. The quantitative estimate of drug-likeness (QED) is 0.565. The van der Waals surface area contributed by atoms with Gasteiger partial charge in [0.2, 0.25) is 0 Å². The number of aromatic amines is 1. The van der Waals surface area contributed by atoms with Crippen molar-refractivity contribution in [2.24, 2.45) is 0 Å². The molecule has 5 nitrogen and oxygen atoms in total. The Balaban J connectivity index is 0.00000225. The summed E-state index contributed by atoms with van der Waals surface area (Å²) in [7, 11) is 0. The zero-order valence-electron chi connectivity index (χ0n) is 13.6. The summed E-state index contributed by atoms with van der Waals surface area (Å²) in [5.74, 6) is -1.82. The van der Waals surface area contributed by atoms with E-state index in [0.717, 1.165) is 16.5 Å². The Morgan fingerprint density at radius 1 is 1.12 bits per heavy atom. The molecule has 0 aliphatic heterocycles. The first-order valence-electron chi connectivity index (χ1n) is 7.37. The summed E-state index contributed by atoms with van der Waals surface area (Å²) in [5.41, 5.74) is 2.05. The Labute approximate surface area is 171 Å². The zero-order valence-corrected chi connectivity index (χ0v) is 16.3. The van der Waals surface area contributed by atoms with E-state index in [1.165, 1.54) is 12.1 Å². The van der Waals surface area contributed by atoms with E-state index in [0.29, 0.717) is 10.6 Å². The molecule has 0 saturated heterocycles. The molecule has 2 N–H and O–H groups in total. The molecule has 7 heteroatoms. The normalized spacial score (nSPS) is 11.6. The van der Waals surface area contributed by atoms with Crippen molar-refractivity contribution in [3.05, 3.63) is 70.9 Å². The first kappa shape index (κ1) is 19.5. The van der Waals surface area contributed by atoms with Crippen LogP contribution in [0.2, 0.25) is 5.02 Å². The fourth-order valence-electron chi connectivity index (χ4n) is 2.56. The number of halogens is 1. The maximum Gasteiger partial charge on any atom is 1.00 e. The van der Waals surface area contributed by atoms with Crippen LogP contribution in [0.3, 0.4) is 0 Å². The predicted octanol–water partition coefficient (Wildman–Crippen LogP) is -1.08. The number of para-hydroxylation sites is 1. The van der Waals surface area contributed by atoms with Crippen LogP contribution in [-0.4, -0.2) is 22.9 Å². The van der Waals surface area contributed by atoms with Crippen LogP contribution in [0.4, 0.5) is 0 Å². The van der Waals surface area contributed by atoms with Crippen molar-refractivity contribution >= 4 is 34.4 Å². The van der Waals surface area contributed by atoms with Gasteiger partial charge in [-0.05, 0) is 35.9 Å². The summed E-state index contributed by atoms with van der Waals surface area (Å²) in [5, 5.41) is 15.3. The van der Waals surface area contributed by atoms with E-state index in [2.05, 4.69) is 10.3 Å². The number of benzene rings is 2.